The third-order valence-corrected chi connectivity index (χ3v) is 2.05. The van der Waals surface area contributed by atoms with E-state index >= 15 is 0 Å². The Labute approximate surface area is 68.6 Å². The van der Waals surface area contributed by atoms with Gasteiger partial charge in [0.25, 0.3) is 0 Å². The lowest BCUT2D eigenvalue weighted by molar-refractivity contribution is 0.0562. The number of aliphatic hydroxyl groups excluding tert-OH is 2. The minimum Gasteiger partial charge on any atom is -0.394 e. The van der Waals surface area contributed by atoms with Crippen molar-refractivity contribution in [1.29, 1.82) is 0 Å². The second-order valence-corrected chi connectivity index (χ2v) is 3.03. The summed E-state index contributed by atoms with van der Waals surface area (Å²) in [5, 5.41) is 17.6. The molecule has 0 aliphatic carbocycles. The second kappa shape index (κ2) is 5.52. The molecule has 11 heavy (non-hydrogen) atoms. The highest BCUT2D eigenvalue weighted by atomic mass is 16.3. The van der Waals surface area contributed by atoms with E-state index in [4.69, 9.17) is 10.2 Å². The van der Waals surface area contributed by atoms with Crippen LogP contribution in [0.25, 0.3) is 0 Å². The van der Waals surface area contributed by atoms with Crippen molar-refractivity contribution < 1.29 is 10.2 Å². The van der Waals surface area contributed by atoms with E-state index in [1.54, 1.807) is 0 Å². The van der Waals surface area contributed by atoms with Crippen molar-refractivity contribution in [3.63, 3.8) is 0 Å². The first-order chi connectivity index (χ1) is 5.11. The summed E-state index contributed by atoms with van der Waals surface area (Å²) in [6.45, 7) is 4.60. The maximum absolute atomic E-state index is 9.08. The molecule has 0 rings (SSSR count). The van der Waals surface area contributed by atoms with Gasteiger partial charge < -0.3 is 15.1 Å². The summed E-state index contributed by atoms with van der Waals surface area (Å²) in [5.41, 5.74) is 0. The number of nitrogens with zero attached hydrogens (tertiary/aromatic N) is 1. The van der Waals surface area contributed by atoms with E-state index in [2.05, 4.69) is 13.8 Å². The molecule has 2 atom stereocenters. The fraction of sp³-hybridized carbons (Fsp3) is 1.00. The summed E-state index contributed by atoms with van der Waals surface area (Å²) in [4.78, 5) is 2.04. The predicted molar refractivity (Wildman–Crippen MR) is 45.5 cm³/mol. The average Bonchev–Trinajstić information content (AvgIpc) is 2.02. The third kappa shape index (κ3) is 4.35. The molecule has 0 radical (unpaired) electrons. The van der Waals surface area contributed by atoms with E-state index in [0.29, 0.717) is 12.6 Å². The standard InChI is InChI=1S/C8H19NO2/c1-4-7(2)9(3)5-8(11)6-10/h7-8,10-11H,4-6H2,1-3H3. The van der Waals surface area contributed by atoms with Gasteiger partial charge in [-0.25, -0.2) is 0 Å². The van der Waals surface area contributed by atoms with Crippen molar-refractivity contribution in [3.05, 3.63) is 0 Å². The van der Waals surface area contributed by atoms with Crippen molar-refractivity contribution in [2.45, 2.75) is 32.4 Å². The first kappa shape index (κ1) is 10.9. The quantitative estimate of drug-likeness (QED) is 0.599. The summed E-state index contributed by atoms with van der Waals surface area (Å²) < 4.78 is 0. The van der Waals surface area contributed by atoms with Crippen LogP contribution in [0.3, 0.4) is 0 Å². The molecule has 2 N–H and O–H groups in total. The summed E-state index contributed by atoms with van der Waals surface area (Å²) >= 11 is 0. The first-order valence-corrected chi connectivity index (χ1v) is 4.11. The minimum atomic E-state index is -0.603. The normalized spacial score (nSPS) is 16.9. The Hall–Kier alpha value is -0.120. The van der Waals surface area contributed by atoms with Gasteiger partial charge in [-0.05, 0) is 20.4 Å². The Bertz CT molecular complexity index is 98.1. The monoisotopic (exact) mass is 161 g/mol. The molecule has 0 heterocycles. The molecule has 0 amide bonds. The lowest BCUT2D eigenvalue weighted by atomic mass is 10.2. The van der Waals surface area contributed by atoms with Gasteiger partial charge in [-0.2, -0.15) is 0 Å². The fourth-order valence-corrected chi connectivity index (χ4v) is 0.882. The zero-order valence-electron chi connectivity index (χ0n) is 7.62. The molecule has 0 aromatic carbocycles. The van der Waals surface area contributed by atoms with Gasteiger partial charge in [-0.3, -0.25) is 0 Å². The number of hydrogen-bond donors (Lipinski definition) is 2. The molecule has 3 nitrogen and oxygen atoms in total. The van der Waals surface area contributed by atoms with Crippen LogP contribution in [0.5, 0.6) is 0 Å². The molecule has 0 bridgehead atoms. The third-order valence-electron chi connectivity index (χ3n) is 2.05. The molecule has 3 heteroatoms. The zero-order valence-corrected chi connectivity index (χ0v) is 7.62. The van der Waals surface area contributed by atoms with Gasteiger partial charge in [0.05, 0.1) is 12.7 Å². The van der Waals surface area contributed by atoms with E-state index < -0.39 is 6.10 Å². The van der Waals surface area contributed by atoms with Gasteiger partial charge >= 0.3 is 0 Å². The van der Waals surface area contributed by atoms with Gasteiger partial charge in [-0.1, -0.05) is 6.92 Å². The van der Waals surface area contributed by atoms with Crippen molar-refractivity contribution >= 4 is 0 Å². The number of hydrogen-bond acceptors (Lipinski definition) is 3. The number of rotatable bonds is 5. The summed E-state index contributed by atoms with van der Waals surface area (Å²) in [6.07, 6.45) is 0.461. The predicted octanol–water partition coefficient (Wildman–Crippen LogP) is 0.0699. The van der Waals surface area contributed by atoms with Gasteiger partial charge in [0.2, 0.25) is 0 Å². The SMILES string of the molecule is CCC(C)N(C)CC(O)CO. The molecule has 68 valence electrons. The Morgan fingerprint density at radius 1 is 1.45 bits per heavy atom. The lowest BCUT2D eigenvalue weighted by Crippen LogP contribution is -2.36. The fourth-order valence-electron chi connectivity index (χ4n) is 0.882. The van der Waals surface area contributed by atoms with E-state index in [9.17, 15) is 0 Å². The molecular weight excluding hydrogens is 142 g/mol. The highest BCUT2D eigenvalue weighted by molar-refractivity contribution is 4.65. The van der Waals surface area contributed by atoms with Crippen LogP contribution in [0.4, 0.5) is 0 Å². The Kier molecular flexibility index (Phi) is 5.46. The Morgan fingerprint density at radius 3 is 2.36 bits per heavy atom. The highest BCUT2D eigenvalue weighted by Crippen LogP contribution is 2.00. The molecule has 0 aromatic rings. The van der Waals surface area contributed by atoms with Crippen LogP contribution in [0.2, 0.25) is 0 Å². The van der Waals surface area contributed by atoms with Crippen LogP contribution in [-0.4, -0.2) is 47.5 Å². The molecule has 0 aliphatic heterocycles. The van der Waals surface area contributed by atoms with Crippen molar-refractivity contribution in [2.24, 2.45) is 0 Å². The molecule has 0 aliphatic rings. The molecular formula is C8H19NO2. The number of aliphatic hydroxyl groups is 2. The average molecular weight is 161 g/mol. The topological polar surface area (TPSA) is 43.7 Å². The van der Waals surface area contributed by atoms with Crippen LogP contribution in [-0.2, 0) is 0 Å². The van der Waals surface area contributed by atoms with Gasteiger partial charge in [-0.15, -0.1) is 0 Å². The van der Waals surface area contributed by atoms with Crippen LogP contribution in [0.15, 0.2) is 0 Å². The van der Waals surface area contributed by atoms with E-state index in [1.807, 2.05) is 11.9 Å². The van der Waals surface area contributed by atoms with Crippen molar-refractivity contribution in [2.75, 3.05) is 20.2 Å². The molecule has 0 spiro atoms. The summed E-state index contributed by atoms with van der Waals surface area (Å²) in [5.74, 6) is 0. The van der Waals surface area contributed by atoms with Crippen LogP contribution in [0.1, 0.15) is 20.3 Å². The maximum Gasteiger partial charge on any atom is 0.0897 e. The summed E-state index contributed by atoms with van der Waals surface area (Å²) in [6, 6.07) is 0.469. The Morgan fingerprint density at radius 2 is 2.00 bits per heavy atom. The van der Waals surface area contributed by atoms with Crippen LogP contribution in [0, 0.1) is 0 Å². The minimum absolute atomic E-state index is 0.152. The van der Waals surface area contributed by atoms with Crippen LogP contribution < -0.4 is 0 Å². The first-order valence-electron chi connectivity index (χ1n) is 4.11. The smallest absolute Gasteiger partial charge is 0.0897 e. The molecule has 0 saturated heterocycles. The van der Waals surface area contributed by atoms with Gasteiger partial charge in [0.15, 0.2) is 0 Å². The lowest BCUT2D eigenvalue weighted by Gasteiger charge is -2.25. The molecule has 2 unspecified atom stereocenters. The second-order valence-electron chi connectivity index (χ2n) is 3.03. The van der Waals surface area contributed by atoms with E-state index in [1.165, 1.54) is 0 Å². The molecule has 0 fully saturated rings. The molecule has 0 saturated carbocycles. The Balaban J connectivity index is 3.58. The van der Waals surface area contributed by atoms with Crippen molar-refractivity contribution in [1.82, 2.24) is 4.90 Å². The zero-order chi connectivity index (χ0) is 8.85. The van der Waals surface area contributed by atoms with Crippen LogP contribution >= 0.6 is 0 Å². The maximum atomic E-state index is 9.08. The van der Waals surface area contributed by atoms with E-state index in [-0.39, 0.29) is 6.61 Å². The highest BCUT2D eigenvalue weighted by Gasteiger charge is 2.10. The van der Waals surface area contributed by atoms with Gasteiger partial charge in [0.1, 0.15) is 0 Å². The van der Waals surface area contributed by atoms with Crippen molar-refractivity contribution in [3.8, 4) is 0 Å². The summed E-state index contributed by atoms with van der Waals surface area (Å²) in [7, 11) is 1.95. The van der Waals surface area contributed by atoms with E-state index in [0.717, 1.165) is 6.42 Å². The molecule has 0 aromatic heterocycles. The number of likely N-dealkylation sites (N-methyl/N-ethyl adjacent to an activating group) is 1. The van der Waals surface area contributed by atoms with Gasteiger partial charge in [0, 0.05) is 12.6 Å². The largest absolute Gasteiger partial charge is 0.394 e.